The number of imidazole rings is 1. The third kappa shape index (κ3) is 13.7. The number of carbonyl (C=O) groups excluding carboxylic acids is 6. The predicted molar refractivity (Wildman–Crippen MR) is 216 cm³/mol. The second-order valence-electron chi connectivity index (χ2n) is 15.7. The van der Waals surface area contributed by atoms with E-state index in [1.807, 2.05) is 19.9 Å². The zero-order valence-corrected chi connectivity index (χ0v) is 34.1. The van der Waals surface area contributed by atoms with E-state index in [4.69, 9.17) is 0 Å². The van der Waals surface area contributed by atoms with Crippen molar-refractivity contribution in [1.82, 2.24) is 41.5 Å². The van der Waals surface area contributed by atoms with Gasteiger partial charge in [0.15, 0.2) is 0 Å². The third-order valence-electron chi connectivity index (χ3n) is 10.1. The summed E-state index contributed by atoms with van der Waals surface area (Å²) in [6.45, 7) is 8.87. The summed E-state index contributed by atoms with van der Waals surface area (Å²) in [5.74, 6) is -5.47. The Morgan fingerprint density at radius 3 is 1.90 bits per heavy atom. The predicted octanol–water partition coefficient (Wildman–Crippen LogP) is 1.36. The Bertz CT molecular complexity index is 1900. The van der Waals surface area contributed by atoms with Gasteiger partial charge in [-0.2, -0.15) is 0 Å². The van der Waals surface area contributed by atoms with Gasteiger partial charge in [0, 0.05) is 44.6 Å². The number of nitrogens with zero attached hydrogens (tertiary/aromatic N) is 2. The molecule has 1 aliphatic heterocycles. The number of aliphatic carboxylic acids is 1. The molecule has 0 bridgehead atoms. The van der Waals surface area contributed by atoms with Crippen molar-refractivity contribution < 1.29 is 43.8 Å². The first-order valence-corrected chi connectivity index (χ1v) is 19.8. The van der Waals surface area contributed by atoms with E-state index < -0.39 is 77.7 Å². The summed E-state index contributed by atoms with van der Waals surface area (Å²) in [6.07, 6.45) is 4.07. The number of nitrogens with one attached hydrogen (secondary N) is 6. The number of hydrogen-bond donors (Lipinski definition) is 8. The Morgan fingerprint density at radius 2 is 1.32 bits per heavy atom. The number of carboxylic acid groups (broad SMARTS) is 1. The molecule has 8 N–H and O–H groups in total. The largest absolute Gasteiger partial charge is 0.508 e. The maximum Gasteiger partial charge on any atom is 0.326 e. The molecule has 1 aromatic heterocycles. The molecule has 2 aromatic carbocycles. The summed E-state index contributed by atoms with van der Waals surface area (Å²) in [4.78, 5) is 102. The van der Waals surface area contributed by atoms with Crippen LogP contribution in [0.15, 0.2) is 67.1 Å². The highest BCUT2D eigenvalue weighted by Gasteiger charge is 2.37. The van der Waals surface area contributed by atoms with Crippen LogP contribution in [0.1, 0.15) is 70.7 Å². The SMILES string of the molecule is CC(=O)N1CCCC1C(=O)NC(Cc1ccccc1)C(=O)NC(Cc1cnc[nH]1)C(=O)NC(CC(C)C)C(=O)NC(C(=O)NC(Cc1ccc(O)cc1)C(=O)O)C(C)C. The number of hydrogen-bond acceptors (Lipinski definition) is 9. The monoisotopic (exact) mass is 816 g/mol. The molecule has 6 unspecified atom stereocenters. The fraction of sp³-hybridized carbons (Fsp3) is 0.476. The van der Waals surface area contributed by atoms with E-state index in [0.29, 0.717) is 30.6 Å². The first-order chi connectivity index (χ1) is 28.0. The van der Waals surface area contributed by atoms with Crippen molar-refractivity contribution in [2.75, 3.05) is 6.54 Å². The molecule has 0 aliphatic carbocycles. The van der Waals surface area contributed by atoms with Gasteiger partial charge in [0.2, 0.25) is 35.4 Å². The molecule has 1 saturated heterocycles. The maximum atomic E-state index is 14.2. The average molecular weight is 817 g/mol. The number of aromatic amines is 1. The van der Waals surface area contributed by atoms with E-state index in [0.717, 1.165) is 5.56 Å². The van der Waals surface area contributed by atoms with Gasteiger partial charge in [-0.1, -0.05) is 70.2 Å². The minimum Gasteiger partial charge on any atom is -0.508 e. The highest BCUT2D eigenvalue weighted by molar-refractivity contribution is 5.97. The minimum atomic E-state index is -1.34. The van der Waals surface area contributed by atoms with Crippen molar-refractivity contribution in [3.8, 4) is 5.75 Å². The fourth-order valence-corrected chi connectivity index (χ4v) is 6.93. The minimum absolute atomic E-state index is 0.00357. The quantitative estimate of drug-likeness (QED) is 0.0813. The van der Waals surface area contributed by atoms with E-state index in [-0.39, 0.29) is 43.3 Å². The molecular formula is C42H56N8O9. The lowest BCUT2D eigenvalue weighted by Crippen LogP contribution is -2.60. The lowest BCUT2D eigenvalue weighted by Gasteiger charge is -2.29. The zero-order chi connectivity index (χ0) is 43.2. The number of phenols is 1. The zero-order valence-electron chi connectivity index (χ0n) is 34.1. The molecule has 2 heterocycles. The van der Waals surface area contributed by atoms with Gasteiger partial charge in [-0.05, 0) is 54.4 Å². The van der Waals surface area contributed by atoms with Gasteiger partial charge in [-0.15, -0.1) is 0 Å². The highest BCUT2D eigenvalue weighted by Crippen LogP contribution is 2.18. The number of aromatic hydroxyl groups is 1. The van der Waals surface area contributed by atoms with Gasteiger partial charge in [-0.3, -0.25) is 28.8 Å². The van der Waals surface area contributed by atoms with Gasteiger partial charge < -0.3 is 46.7 Å². The lowest BCUT2D eigenvalue weighted by molar-refractivity contribution is -0.142. The number of benzene rings is 2. The van der Waals surface area contributed by atoms with Crippen molar-refractivity contribution in [2.24, 2.45) is 11.8 Å². The van der Waals surface area contributed by atoms with Crippen molar-refractivity contribution in [1.29, 1.82) is 0 Å². The molecule has 3 aromatic rings. The Morgan fingerprint density at radius 1 is 0.746 bits per heavy atom. The van der Waals surface area contributed by atoms with Crippen LogP contribution in [0.2, 0.25) is 0 Å². The van der Waals surface area contributed by atoms with E-state index in [9.17, 15) is 43.8 Å². The summed E-state index contributed by atoms with van der Waals surface area (Å²) in [7, 11) is 0. The van der Waals surface area contributed by atoms with Crippen LogP contribution in [0.25, 0.3) is 0 Å². The molecule has 6 atom stereocenters. The number of carbonyl (C=O) groups is 7. The number of rotatable bonds is 20. The standard InChI is InChI=1S/C42H56N8O9/c1-24(2)18-31(39(55)49-36(25(3)4)41(57)48-34(42(58)59)20-28-13-15-30(52)16-14-28)45-38(54)33(21-29-22-43-23-44-29)46-37(53)32(19-27-10-7-6-8-11-27)47-40(56)35-12-9-17-50(35)26(5)51/h6-8,10-11,13-16,22-25,31-36,52H,9,12,17-21H2,1-5H3,(H,43,44)(H,45,54)(H,46,53)(H,47,56)(H,48,57)(H,49,55)(H,58,59). The number of phenolic OH excluding ortho intramolecular Hbond substituents is 1. The molecule has 318 valence electrons. The average Bonchev–Trinajstić information content (AvgIpc) is 3.90. The van der Waals surface area contributed by atoms with Crippen LogP contribution in [0.3, 0.4) is 0 Å². The molecule has 17 heteroatoms. The lowest BCUT2D eigenvalue weighted by atomic mass is 9.98. The van der Waals surface area contributed by atoms with E-state index >= 15 is 0 Å². The Labute approximate surface area is 343 Å². The van der Waals surface area contributed by atoms with Gasteiger partial charge >= 0.3 is 5.97 Å². The number of aromatic nitrogens is 2. The summed E-state index contributed by atoms with van der Waals surface area (Å²) in [5.41, 5.74) is 1.79. The summed E-state index contributed by atoms with van der Waals surface area (Å²) in [6, 6.07) is 8.06. The molecular weight excluding hydrogens is 761 g/mol. The van der Waals surface area contributed by atoms with Crippen LogP contribution in [0.4, 0.5) is 0 Å². The normalized spacial score (nSPS) is 16.3. The molecule has 1 aliphatic rings. The first-order valence-electron chi connectivity index (χ1n) is 19.8. The van der Waals surface area contributed by atoms with Crippen LogP contribution >= 0.6 is 0 Å². The van der Waals surface area contributed by atoms with E-state index in [1.54, 1.807) is 50.2 Å². The number of carboxylic acids is 1. The van der Waals surface area contributed by atoms with Gasteiger partial charge in [0.1, 0.15) is 42.0 Å². The summed E-state index contributed by atoms with van der Waals surface area (Å²) < 4.78 is 0. The molecule has 4 rings (SSSR count). The van der Waals surface area contributed by atoms with Gasteiger partial charge in [0.05, 0.1) is 6.33 Å². The fourth-order valence-electron chi connectivity index (χ4n) is 6.93. The van der Waals surface area contributed by atoms with Crippen molar-refractivity contribution in [3.05, 3.63) is 83.9 Å². The third-order valence-corrected chi connectivity index (χ3v) is 10.1. The maximum absolute atomic E-state index is 14.2. The van der Waals surface area contributed by atoms with Gasteiger partial charge in [0.25, 0.3) is 0 Å². The highest BCUT2D eigenvalue weighted by atomic mass is 16.4. The smallest absolute Gasteiger partial charge is 0.326 e. The Kier molecular flexibility index (Phi) is 16.5. The number of likely N-dealkylation sites (tertiary alicyclic amines) is 1. The van der Waals surface area contributed by atoms with Gasteiger partial charge in [-0.25, -0.2) is 9.78 Å². The number of H-pyrrole nitrogens is 1. The molecule has 6 amide bonds. The molecule has 0 spiro atoms. The topological polar surface area (TPSA) is 252 Å². The number of amides is 6. The second kappa shape index (κ2) is 21.5. The second-order valence-corrected chi connectivity index (χ2v) is 15.7. The van der Waals surface area contributed by atoms with Crippen molar-refractivity contribution in [2.45, 2.75) is 109 Å². The first kappa shape index (κ1) is 45.4. The molecule has 17 nitrogen and oxygen atoms in total. The van der Waals surface area contributed by atoms with E-state index in [1.165, 1.54) is 36.5 Å². The molecule has 0 radical (unpaired) electrons. The summed E-state index contributed by atoms with van der Waals surface area (Å²) >= 11 is 0. The van der Waals surface area contributed by atoms with Crippen LogP contribution in [0, 0.1) is 11.8 Å². The Hall–Kier alpha value is -6.26. The van der Waals surface area contributed by atoms with Crippen LogP contribution in [-0.2, 0) is 52.8 Å². The van der Waals surface area contributed by atoms with E-state index in [2.05, 4.69) is 36.6 Å². The molecule has 59 heavy (non-hydrogen) atoms. The van der Waals surface area contributed by atoms with Crippen molar-refractivity contribution >= 4 is 41.4 Å². The van der Waals surface area contributed by atoms with Crippen LogP contribution in [-0.4, -0.2) is 109 Å². The van der Waals surface area contributed by atoms with Crippen LogP contribution < -0.4 is 26.6 Å². The molecule has 1 fully saturated rings. The summed E-state index contributed by atoms with van der Waals surface area (Å²) in [5, 5.41) is 33.1. The molecule has 0 saturated carbocycles. The van der Waals surface area contributed by atoms with Crippen LogP contribution in [0.5, 0.6) is 5.75 Å². The Balaban J connectivity index is 1.53. The van der Waals surface area contributed by atoms with Crippen molar-refractivity contribution in [3.63, 3.8) is 0 Å².